The van der Waals surface area contributed by atoms with Gasteiger partial charge in [-0.25, -0.2) is 9.00 Å². The van der Waals surface area contributed by atoms with Crippen LogP contribution >= 0.6 is 0 Å². The predicted octanol–water partition coefficient (Wildman–Crippen LogP) is 1.32. The van der Waals surface area contributed by atoms with E-state index in [1.807, 2.05) is 20.8 Å². The van der Waals surface area contributed by atoms with Crippen LogP contribution < -0.4 is 0 Å². The van der Waals surface area contributed by atoms with Crippen molar-refractivity contribution in [1.82, 2.24) is 4.90 Å². The van der Waals surface area contributed by atoms with Gasteiger partial charge in [-0.3, -0.25) is 4.18 Å². The third-order valence-electron chi connectivity index (χ3n) is 2.63. The van der Waals surface area contributed by atoms with E-state index in [1.54, 1.807) is 12.0 Å². The van der Waals surface area contributed by atoms with Gasteiger partial charge in [0.15, 0.2) is 11.1 Å². The average molecular weight is 293 g/mol. The van der Waals surface area contributed by atoms with Crippen LogP contribution in [0.25, 0.3) is 0 Å². The molecule has 3 unspecified atom stereocenters. The summed E-state index contributed by atoms with van der Waals surface area (Å²) in [7, 11) is 1.58. The number of carbonyl (C=O) groups is 1. The van der Waals surface area contributed by atoms with Crippen molar-refractivity contribution in [3.8, 4) is 0 Å². The monoisotopic (exact) mass is 293 g/mol. The third kappa shape index (κ3) is 5.46. The van der Waals surface area contributed by atoms with Gasteiger partial charge in [0.25, 0.3) is 0 Å². The lowest BCUT2D eigenvalue weighted by atomic mass is 10.2. The molecule has 0 aliphatic carbocycles. The maximum absolute atomic E-state index is 12.1. The minimum Gasteiger partial charge on any atom is -0.444 e. The lowest BCUT2D eigenvalue weighted by Gasteiger charge is -2.28. The summed E-state index contributed by atoms with van der Waals surface area (Å²) in [6, 6.07) is -0.103. The van der Waals surface area contributed by atoms with Crippen molar-refractivity contribution < 1.29 is 22.7 Å². The van der Waals surface area contributed by atoms with Gasteiger partial charge in [-0.15, -0.1) is 0 Å². The van der Waals surface area contributed by atoms with Gasteiger partial charge < -0.3 is 14.4 Å². The zero-order valence-electron chi connectivity index (χ0n) is 12.2. The highest BCUT2D eigenvalue weighted by Gasteiger charge is 2.38. The first kappa shape index (κ1) is 16.4. The smallest absolute Gasteiger partial charge is 0.410 e. The van der Waals surface area contributed by atoms with E-state index in [4.69, 9.17) is 13.7 Å². The van der Waals surface area contributed by atoms with E-state index in [0.29, 0.717) is 19.6 Å². The summed E-state index contributed by atoms with van der Waals surface area (Å²) in [5, 5.41) is 0. The second-order valence-electron chi connectivity index (χ2n) is 5.60. The van der Waals surface area contributed by atoms with Crippen LogP contribution in [0.4, 0.5) is 4.79 Å². The number of methoxy groups -OCH3 is 1. The molecule has 7 heteroatoms. The van der Waals surface area contributed by atoms with E-state index in [2.05, 4.69) is 0 Å². The van der Waals surface area contributed by atoms with E-state index in [0.717, 1.165) is 0 Å². The van der Waals surface area contributed by atoms with Crippen LogP contribution in [0, 0.1) is 0 Å². The Bertz CT molecular complexity index is 342. The summed E-state index contributed by atoms with van der Waals surface area (Å²) in [5.74, 6) is 0. The molecule has 0 radical (unpaired) electrons. The second kappa shape index (κ2) is 6.67. The van der Waals surface area contributed by atoms with Crippen molar-refractivity contribution in [1.29, 1.82) is 0 Å². The first-order valence-electron chi connectivity index (χ1n) is 6.22. The minimum atomic E-state index is -1.34. The van der Waals surface area contributed by atoms with Crippen molar-refractivity contribution in [2.24, 2.45) is 0 Å². The van der Waals surface area contributed by atoms with Gasteiger partial charge in [0.1, 0.15) is 5.60 Å². The molecule has 0 aromatic rings. The second-order valence-corrected chi connectivity index (χ2v) is 6.59. The van der Waals surface area contributed by atoms with Gasteiger partial charge >= 0.3 is 6.09 Å². The van der Waals surface area contributed by atoms with Gasteiger partial charge in [-0.2, -0.15) is 0 Å². The van der Waals surface area contributed by atoms with Crippen LogP contribution in [0.2, 0.25) is 0 Å². The van der Waals surface area contributed by atoms with Gasteiger partial charge in [0.05, 0.1) is 25.3 Å². The molecular weight excluding hydrogens is 270 g/mol. The number of rotatable bonds is 4. The first-order valence-corrected chi connectivity index (χ1v) is 7.70. The third-order valence-corrected chi connectivity index (χ3v) is 3.18. The molecule has 1 fully saturated rings. The van der Waals surface area contributed by atoms with Crippen LogP contribution in [0.3, 0.4) is 0 Å². The van der Waals surface area contributed by atoms with Crippen molar-refractivity contribution in [3.05, 3.63) is 0 Å². The summed E-state index contributed by atoms with van der Waals surface area (Å²) < 4.78 is 26.8. The van der Waals surface area contributed by atoms with Gasteiger partial charge in [-0.05, 0) is 27.2 Å². The zero-order chi connectivity index (χ0) is 14.6. The van der Waals surface area contributed by atoms with Crippen LogP contribution in [-0.4, -0.2) is 59.5 Å². The fourth-order valence-electron chi connectivity index (χ4n) is 2.03. The summed E-state index contributed by atoms with van der Waals surface area (Å²) in [6.45, 7) is 6.25. The fourth-order valence-corrected chi connectivity index (χ4v) is 2.55. The topological polar surface area (TPSA) is 65.1 Å². The quantitative estimate of drug-likeness (QED) is 0.782. The Morgan fingerprint density at radius 1 is 1.42 bits per heavy atom. The number of amides is 1. The number of likely N-dealkylation sites (tertiary alicyclic amines) is 1. The number of hydrogen-bond acceptors (Lipinski definition) is 5. The van der Waals surface area contributed by atoms with Crippen molar-refractivity contribution in [2.45, 2.75) is 44.9 Å². The van der Waals surface area contributed by atoms with Crippen LogP contribution in [0.5, 0.6) is 0 Å². The van der Waals surface area contributed by atoms with E-state index >= 15 is 0 Å². The molecule has 1 amide bonds. The maximum atomic E-state index is 12.1. The molecule has 0 N–H and O–H groups in total. The van der Waals surface area contributed by atoms with Crippen LogP contribution in [0.1, 0.15) is 27.2 Å². The van der Waals surface area contributed by atoms with Gasteiger partial charge in [-0.1, -0.05) is 0 Å². The fraction of sp³-hybridized carbons (Fsp3) is 0.917. The van der Waals surface area contributed by atoms with Crippen molar-refractivity contribution in [2.75, 3.05) is 26.5 Å². The van der Waals surface area contributed by atoms with E-state index < -0.39 is 16.7 Å². The van der Waals surface area contributed by atoms with Gasteiger partial charge in [0, 0.05) is 13.4 Å². The number of carbonyl (C=O) groups excluding carboxylic acids is 1. The summed E-state index contributed by atoms with van der Waals surface area (Å²) in [4.78, 5) is 13.7. The van der Waals surface area contributed by atoms with Crippen molar-refractivity contribution >= 4 is 17.2 Å². The van der Waals surface area contributed by atoms with Crippen molar-refractivity contribution in [3.63, 3.8) is 0 Å². The Labute approximate surface area is 117 Å². The standard InChI is InChI=1S/C12H23NO5S/c1-12(2,3)17-11(14)13-7-10(18-19(5)15)6-9(13)8-16-4/h9-10H,6-8H2,1-5H3. The molecule has 0 bridgehead atoms. The number of ether oxygens (including phenoxy) is 2. The Balaban J connectivity index is 2.67. The molecule has 19 heavy (non-hydrogen) atoms. The lowest BCUT2D eigenvalue weighted by molar-refractivity contribution is 0.0140. The molecule has 0 spiro atoms. The Kier molecular flexibility index (Phi) is 5.76. The minimum absolute atomic E-state index is 0.103. The van der Waals surface area contributed by atoms with E-state index in [1.165, 1.54) is 6.26 Å². The molecule has 0 aromatic carbocycles. The summed E-state index contributed by atoms with van der Waals surface area (Å²) in [6.07, 6.45) is 1.45. The summed E-state index contributed by atoms with van der Waals surface area (Å²) >= 11 is -1.34. The molecular formula is C12H23NO5S. The molecule has 3 atom stereocenters. The highest BCUT2D eigenvalue weighted by molar-refractivity contribution is 7.79. The molecule has 0 aromatic heterocycles. The molecule has 1 heterocycles. The number of nitrogens with zero attached hydrogens (tertiary/aromatic N) is 1. The highest BCUT2D eigenvalue weighted by Crippen LogP contribution is 2.23. The Morgan fingerprint density at radius 2 is 2.05 bits per heavy atom. The Hall–Kier alpha value is -0.660. The molecule has 6 nitrogen and oxygen atoms in total. The normalized spacial score (nSPS) is 25.4. The molecule has 112 valence electrons. The van der Waals surface area contributed by atoms with Crippen LogP contribution in [0.15, 0.2) is 0 Å². The average Bonchev–Trinajstić information content (AvgIpc) is 2.58. The number of hydrogen-bond donors (Lipinski definition) is 0. The highest BCUT2D eigenvalue weighted by atomic mass is 32.2. The predicted molar refractivity (Wildman–Crippen MR) is 72.2 cm³/mol. The maximum Gasteiger partial charge on any atom is 0.410 e. The summed E-state index contributed by atoms with van der Waals surface area (Å²) in [5.41, 5.74) is -0.540. The zero-order valence-corrected chi connectivity index (χ0v) is 13.0. The molecule has 1 aliphatic rings. The van der Waals surface area contributed by atoms with Crippen LogP contribution in [-0.2, 0) is 24.7 Å². The molecule has 1 aliphatic heterocycles. The lowest BCUT2D eigenvalue weighted by Crippen LogP contribution is -2.41. The molecule has 0 saturated carbocycles. The SMILES string of the molecule is COCC1CC(OS(C)=O)CN1C(=O)OC(C)(C)C. The van der Waals surface area contributed by atoms with E-state index in [-0.39, 0.29) is 18.2 Å². The largest absolute Gasteiger partial charge is 0.444 e. The molecule has 1 saturated heterocycles. The first-order chi connectivity index (χ1) is 8.73. The van der Waals surface area contributed by atoms with E-state index in [9.17, 15) is 9.00 Å². The molecule has 1 rings (SSSR count). The Morgan fingerprint density at radius 3 is 2.53 bits per heavy atom. The van der Waals surface area contributed by atoms with Gasteiger partial charge in [0.2, 0.25) is 0 Å².